The number of rotatable bonds is 7. The number of methoxy groups -OCH3 is 2. The second kappa shape index (κ2) is 10.7. The number of amides is 3. The number of carbonyl (C=O) groups is 2. The van der Waals surface area contributed by atoms with E-state index < -0.39 is 11.1 Å². The molecule has 2 aliphatic carbocycles. The number of aromatic nitrogens is 1. The van der Waals surface area contributed by atoms with Gasteiger partial charge in [0, 0.05) is 25.6 Å². The molecule has 3 unspecified atom stereocenters. The number of fused-ring (bicyclic) bond motifs is 1. The van der Waals surface area contributed by atoms with E-state index in [1.165, 1.54) is 11.3 Å². The summed E-state index contributed by atoms with van der Waals surface area (Å²) >= 11 is 7.79. The molecule has 2 aliphatic rings. The molecule has 0 aliphatic heterocycles. The molecule has 2 aromatic rings. The molecule has 0 fully saturated rings. The van der Waals surface area contributed by atoms with E-state index in [4.69, 9.17) is 21.1 Å². The number of halogens is 1. The largest absolute Gasteiger partial charge is 0.498 e. The predicted molar refractivity (Wildman–Crippen MR) is 148 cm³/mol. The van der Waals surface area contributed by atoms with Crippen LogP contribution >= 0.6 is 22.9 Å². The van der Waals surface area contributed by atoms with Crippen LogP contribution in [0.4, 0.5) is 9.93 Å². The molecule has 1 heterocycles. The van der Waals surface area contributed by atoms with E-state index in [0.29, 0.717) is 34.9 Å². The quantitative estimate of drug-likeness (QED) is 0.412. The van der Waals surface area contributed by atoms with Crippen LogP contribution in [0.5, 0.6) is 0 Å². The lowest BCUT2D eigenvalue weighted by Gasteiger charge is -2.36. The zero-order valence-electron chi connectivity index (χ0n) is 21.5. The van der Waals surface area contributed by atoms with Crippen molar-refractivity contribution < 1.29 is 19.1 Å². The summed E-state index contributed by atoms with van der Waals surface area (Å²) in [4.78, 5) is 30.0. The number of allylic oxidation sites excluding steroid dienone is 2. The summed E-state index contributed by atoms with van der Waals surface area (Å²) in [5.74, 6) is 0.481. The number of nitrogens with one attached hydrogen (secondary N) is 3. The van der Waals surface area contributed by atoms with Crippen molar-refractivity contribution in [3.63, 3.8) is 0 Å². The summed E-state index contributed by atoms with van der Waals surface area (Å²) in [6, 6.07) is 4.88. The van der Waals surface area contributed by atoms with Gasteiger partial charge in [0.1, 0.15) is 11.4 Å². The molecule has 3 N–H and O–H groups in total. The molecule has 0 bridgehead atoms. The predicted octanol–water partition coefficient (Wildman–Crippen LogP) is 5.30. The fourth-order valence-electron chi connectivity index (χ4n) is 4.19. The van der Waals surface area contributed by atoms with E-state index in [1.807, 2.05) is 51.2 Å². The van der Waals surface area contributed by atoms with Gasteiger partial charge in [-0.25, -0.2) is 9.78 Å². The Morgan fingerprint density at radius 1 is 1.27 bits per heavy atom. The maximum Gasteiger partial charge on any atom is 0.321 e. The lowest BCUT2D eigenvalue weighted by atomic mass is 9.85. The summed E-state index contributed by atoms with van der Waals surface area (Å²) in [5, 5.41) is 8.77. The molecule has 3 amide bonds. The van der Waals surface area contributed by atoms with Gasteiger partial charge in [-0.1, -0.05) is 35.6 Å². The van der Waals surface area contributed by atoms with Gasteiger partial charge in [0.15, 0.2) is 5.13 Å². The maximum atomic E-state index is 13.0. The summed E-state index contributed by atoms with van der Waals surface area (Å²) in [7, 11) is 3.25. The molecule has 0 saturated heterocycles. The van der Waals surface area contributed by atoms with Crippen molar-refractivity contribution in [2.45, 2.75) is 43.7 Å². The lowest BCUT2D eigenvalue weighted by Crippen LogP contribution is -2.53. The fourth-order valence-corrected chi connectivity index (χ4v) is 5.40. The summed E-state index contributed by atoms with van der Waals surface area (Å²) in [6.45, 7) is 6.15. The third-order valence-corrected chi connectivity index (χ3v) is 8.47. The first-order valence-corrected chi connectivity index (χ1v) is 13.1. The van der Waals surface area contributed by atoms with Crippen molar-refractivity contribution in [1.29, 1.82) is 0 Å². The number of alkyl halides is 1. The van der Waals surface area contributed by atoms with Gasteiger partial charge >= 0.3 is 6.03 Å². The Morgan fingerprint density at radius 2 is 2.05 bits per heavy atom. The van der Waals surface area contributed by atoms with E-state index in [1.54, 1.807) is 32.4 Å². The van der Waals surface area contributed by atoms with Crippen LogP contribution in [0.1, 0.15) is 37.6 Å². The maximum absolute atomic E-state index is 13.0. The molecule has 0 radical (unpaired) electrons. The zero-order valence-corrected chi connectivity index (χ0v) is 23.0. The van der Waals surface area contributed by atoms with Gasteiger partial charge in [-0.05, 0) is 56.2 Å². The Morgan fingerprint density at radius 3 is 2.76 bits per heavy atom. The Kier molecular flexibility index (Phi) is 7.77. The van der Waals surface area contributed by atoms with Crippen molar-refractivity contribution in [3.05, 3.63) is 71.0 Å². The molecule has 0 spiro atoms. The molecule has 10 heteroatoms. The molecular weight excluding hydrogens is 512 g/mol. The Balaban J connectivity index is 1.39. The summed E-state index contributed by atoms with van der Waals surface area (Å²) < 4.78 is 11.8. The number of nitrogens with zero attached hydrogens (tertiary/aromatic N) is 1. The molecule has 0 saturated carbocycles. The minimum atomic E-state index is -0.685. The smallest absolute Gasteiger partial charge is 0.321 e. The van der Waals surface area contributed by atoms with E-state index >= 15 is 0 Å². The van der Waals surface area contributed by atoms with Crippen LogP contribution in [0.15, 0.2) is 65.5 Å². The molecular formula is C27H31ClN4O4S. The van der Waals surface area contributed by atoms with Gasteiger partial charge in [0.2, 0.25) is 0 Å². The van der Waals surface area contributed by atoms with Crippen LogP contribution in [-0.2, 0) is 9.47 Å². The van der Waals surface area contributed by atoms with Crippen LogP contribution in [0, 0.1) is 0 Å². The Hall–Kier alpha value is -3.14. The molecule has 196 valence electrons. The molecule has 4 rings (SSSR count). The number of hydrogen-bond donors (Lipinski definition) is 3. The number of urea groups is 1. The van der Waals surface area contributed by atoms with E-state index in [9.17, 15) is 9.59 Å². The Labute approximate surface area is 225 Å². The highest BCUT2D eigenvalue weighted by molar-refractivity contribution is 7.22. The van der Waals surface area contributed by atoms with Gasteiger partial charge in [-0.15, -0.1) is 11.6 Å². The SMILES string of the molecule is COC1=CC(CNC(=O)Nc2nc3ccc(C(=O)NC4(C)C(C)=CC=CC4Cl)cc3s2)=CCC1(C)OC. The highest BCUT2D eigenvalue weighted by Gasteiger charge is 2.36. The molecule has 1 aromatic carbocycles. The van der Waals surface area contributed by atoms with Crippen molar-refractivity contribution >= 4 is 50.2 Å². The van der Waals surface area contributed by atoms with Crippen LogP contribution in [0.25, 0.3) is 10.2 Å². The summed E-state index contributed by atoms with van der Waals surface area (Å²) in [5.41, 5.74) is 1.89. The topological polar surface area (TPSA) is 102 Å². The van der Waals surface area contributed by atoms with Gasteiger partial charge in [0.05, 0.1) is 28.2 Å². The highest BCUT2D eigenvalue weighted by atomic mass is 35.5. The molecule has 3 atom stereocenters. The van der Waals surface area contributed by atoms with Crippen LogP contribution in [0.2, 0.25) is 0 Å². The number of carbonyl (C=O) groups excluding carboxylic acids is 2. The number of thiazole rings is 1. The summed E-state index contributed by atoms with van der Waals surface area (Å²) in [6.07, 6.45) is 10.2. The first-order chi connectivity index (χ1) is 17.6. The average molecular weight is 543 g/mol. The van der Waals surface area contributed by atoms with Crippen molar-refractivity contribution in [2.75, 3.05) is 26.1 Å². The van der Waals surface area contributed by atoms with Gasteiger partial charge in [-0.3, -0.25) is 10.1 Å². The van der Waals surface area contributed by atoms with Gasteiger partial charge in [0.25, 0.3) is 5.91 Å². The fraction of sp³-hybridized carbons (Fsp3) is 0.370. The number of anilines is 1. The first kappa shape index (κ1) is 26.9. The molecule has 37 heavy (non-hydrogen) atoms. The third kappa shape index (κ3) is 5.58. The normalized spacial score (nSPS) is 25.1. The molecule has 1 aromatic heterocycles. The van der Waals surface area contributed by atoms with E-state index in [-0.39, 0.29) is 17.3 Å². The Bertz CT molecular complexity index is 1350. The van der Waals surface area contributed by atoms with Gasteiger partial charge in [-0.2, -0.15) is 0 Å². The number of ether oxygens (including phenoxy) is 2. The average Bonchev–Trinajstić information content (AvgIpc) is 3.28. The number of benzene rings is 1. The monoisotopic (exact) mass is 542 g/mol. The van der Waals surface area contributed by atoms with Crippen LogP contribution in [-0.4, -0.2) is 54.2 Å². The molecule has 8 nitrogen and oxygen atoms in total. The minimum absolute atomic E-state index is 0.229. The van der Waals surface area contributed by atoms with Crippen molar-refractivity contribution in [1.82, 2.24) is 15.6 Å². The van der Waals surface area contributed by atoms with Crippen molar-refractivity contribution in [3.8, 4) is 0 Å². The lowest BCUT2D eigenvalue weighted by molar-refractivity contribution is -0.00423. The minimum Gasteiger partial charge on any atom is -0.498 e. The first-order valence-electron chi connectivity index (χ1n) is 11.9. The third-order valence-electron chi connectivity index (χ3n) is 6.96. The second-order valence-corrected chi connectivity index (χ2v) is 10.9. The standard InChI is InChI=1S/C27H31ClN4O4S/c1-16-7-6-8-21(28)27(16,3)32-23(33)18-9-10-19-20(14-18)37-25(30-19)31-24(34)29-15-17-11-12-26(2,36-5)22(13-17)35-4/h6-11,13-14,21H,12,15H2,1-5H3,(H,32,33)(H2,29,30,31,34). The van der Waals surface area contributed by atoms with Gasteiger partial charge < -0.3 is 20.1 Å². The zero-order chi connectivity index (χ0) is 26.8. The number of hydrogen-bond acceptors (Lipinski definition) is 6. The highest BCUT2D eigenvalue weighted by Crippen LogP contribution is 2.32. The van der Waals surface area contributed by atoms with E-state index in [0.717, 1.165) is 15.8 Å². The van der Waals surface area contributed by atoms with E-state index in [2.05, 4.69) is 20.9 Å². The van der Waals surface area contributed by atoms with Crippen LogP contribution in [0.3, 0.4) is 0 Å². The van der Waals surface area contributed by atoms with Crippen molar-refractivity contribution in [2.24, 2.45) is 0 Å². The van der Waals surface area contributed by atoms with Crippen LogP contribution < -0.4 is 16.0 Å². The second-order valence-electron chi connectivity index (χ2n) is 9.43.